The lowest BCUT2D eigenvalue weighted by Crippen LogP contribution is -2.73. The molecule has 0 radical (unpaired) electrons. The minimum atomic E-state index is -4.80. The number of alkyl halides is 3. The highest BCUT2D eigenvalue weighted by atomic mass is 19.4. The topological polar surface area (TPSA) is 62.2 Å². The number of likely N-dealkylation sites (tertiary alicyclic amines) is 1. The predicted molar refractivity (Wildman–Crippen MR) is 164 cm³/mol. The molecule has 5 atom stereocenters. The number of benzene rings is 3. The van der Waals surface area contributed by atoms with Gasteiger partial charge in [-0.2, -0.15) is 0 Å². The van der Waals surface area contributed by atoms with Gasteiger partial charge in [-0.1, -0.05) is 55.5 Å². The second kappa shape index (κ2) is 10.8. The number of carbonyl (C=O) groups is 1. The molecular formula is C36H37F3N2O4. The maximum Gasteiger partial charge on any atom is 0.573 e. The average Bonchev–Trinajstić information content (AvgIpc) is 3.36. The van der Waals surface area contributed by atoms with Crippen LogP contribution >= 0.6 is 0 Å². The summed E-state index contributed by atoms with van der Waals surface area (Å²) in [5, 5.41) is 11.0. The number of likely N-dealkylation sites (N-methyl/N-ethyl adjacent to an activating group) is 1. The van der Waals surface area contributed by atoms with Crippen molar-refractivity contribution in [2.24, 2.45) is 5.41 Å². The first-order valence-electron chi connectivity index (χ1n) is 15.6. The van der Waals surface area contributed by atoms with Crippen LogP contribution in [0.1, 0.15) is 48.4 Å². The Labute approximate surface area is 261 Å². The second-order valence-corrected chi connectivity index (χ2v) is 13.1. The second-order valence-electron chi connectivity index (χ2n) is 13.1. The number of rotatable bonds is 7. The molecular weight excluding hydrogens is 581 g/mol. The summed E-state index contributed by atoms with van der Waals surface area (Å²) in [5.74, 6) is 0.0905. The molecule has 1 amide bonds. The number of aromatic hydroxyl groups is 1. The SMILES string of the molecule is CN(C(=O)/C=C/c1cccc(OC(F)(F)F)c1)C1CC[C@@]2(C)[C@H]3Cc4ccc(O)c5c4[C@@]2(CCN3CCc2ccccc2)C1O5. The number of phenols is 1. The smallest absolute Gasteiger partial charge is 0.504 e. The van der Waals surface area contributed by atoms with Crippen LogP contribution in [0, 0.1) is 5.41 Å². The third kappa shape index (κ3) is 4.87. The van der Waals surface area contributed by atoms with Gasteiger partial charge in [-0.25, -0.2) is 0 Å². The van der Waals surface area contributed by atoms with Crippen molar-refractivity contribution in [1.82, 2.24) is 9.80 Å². The van der Waals surface area contributed by atoms with Crippen LogP contribution in [-0.2, 0) is 23.1 Å². The molecule has 9 heteroatoms. The molecule has 3 aromatic rings. The summed E-state index contributed by atoms with van der Waals surface area (Å²) in [6.45, 7) is 4.26. The van der Waals surface area contributed by atoms with Crippen molar-refractivity contribution in [2.75, 3.05) is 20.1 Å². The van der Waals surface area contributed by atoms with Gasteiger partial charge in [-0.05, 0) is 85.0 Å². The standard InChI is InChI=1S/C36H37F3N2O4/c1-34-17-15-27(40(2)30(43)14-11-24-9-6-10-26(21-24)45-36(37,38)39)33-35(34)18-20-41(19-16-23-7-4-3-5-8-23)29(34)22-25-12-13-28(42)32(44-33)31(25)35/h3-14,21,27,29,33,42H,15-20,22H2,1-2H3/b14-11+/t27?,29-,33?,34+,35+/m1/s1. The van der Waals surface area contributed by atoms with E-state index in [-0.39, 0.29) is 40.4 Å². The van der Waals surface area contributed by atoms with Gasteiger partial charge in [-0.3, -0.25) is 9.69 Å². The van der Waals surface area contributed by atoms with Crippen molar-refractivity contribution < 1.29 is 32.5 Å². The van der Waals surface area contributed by atoms with Gasteiger partial charge in [0.15, 0.2) is 11.5 Å². The van der Waals surface area contributed by atoms with Crippen LogP contribution in [0.15, 0.2) is 72.8 Å². The van der Waals surface area contributed by atoms with Gasteiger partial charge in [0.25, 0.3) is 0 Å². The molecule has 2 unspecified atom stereocenters. The number of hydrogen-bond donors (Lipinski definition) is 1. The Bertz CT molecular complexity index is 1640. The fraction of sp³-hybridized carbons (Fsp3) is 0.417. The molecule has 2 aliphatic carbocycles. The van der Waals surface area contributed by atoms with Crippen molar-refractivity contribution in [3.05, 3.63) is 95.1 Å². The van der Waals surface area contributed by atoms with Crippen LogP contribution in [-0.4, -0.2) is 65.5 Å². The number of phenolic OH excluding ortho intramolecular Hbond substituents is 1. The summed E-state index contributed by atoms with van der Waals surface area (Å²) in [7, 11) is 1.77. The van der Waals surface area contributed by atoms with E-state index in [0.29, 0.717) is 17.4 Å². The van der Waals surface area contributed by atoms with E-state index < -0.39 is 6.36 Å². The lowest BCUT2D eigenvalue weighted by molar-refractivity contribution is -0.274. The Morgan fingerprint density at radius 2 is 1.93 bits per heavy atom. The summed E-state index contributed by atoms with van der Waals surface area (Å²) in [5.41, 5.74) is 3.61. The van der Waals surface area contributed by atoms with E-state index in [9.17, 15) is 23.1 Å². The zero-order valence-corrected chi connectivity index (χ0v) is 25.4. The maximum absolute atomic E-state index is 13.6. The van der Waals surface area contributed by atoms with Crippen molar-refractivity contribution >= 4 is 12.0 Å². The normalized spacial score (nSPS) is 28.4. The molecule has 1 saturated heterocycles. The fourth-order valence-corrected chi connectivity index (χ4v) is 8.90. The first kappa shape index (κ1) is 29.7. The van der Waals surface area contributed by atoms with Gasteiger partial charge in [0.1, 0.15) is 11.9 Å². The molecule has 1 spiro atoms. The van der Waals surface area contributed by atoms with Crippen LogP contribution in [0.5, 0.6) is 17.2 Å². The number of amides is 1. The number of hydrogen-bond acceptors (Lipinski definition) is 5. The molecule has 2 heterocycles. The van der Waals surface area contributed by atoms with Crippen molar-refractivity contribution in [3.63, 3.8) is 0 Å². The largest absolute Gasteiger partial charge is 0.573 e. The van der Waals surface area contributed by atoms with Crippen molar-refractivity contribution in [3.8, 4) is 17.2 Å². The quantitative estimate of drug-likeness (QED) is 0.306. The number of ether oxygens (including phenoxy) is 2. The molecule has 0 aromatic heterocycles. The molecule has 7 rings (SSSR count). The van der Waals surface area contributed by atoms with E-state index in [1.807, 2.05) is 12.1 Å². The van der Waals surface area contributed by atoms with E-state index in [4.69, 9.17) is 4.74 Å². The summed E-state index contributed by atoms with van der Waals surface area (Å²) >= 11 is 0. The van der Waals surface area contributed by atoms with Crippen LogP contribution in [0.4, 0.5) is 13.2 Å². The molecule has 1 N–H and O–H groups in total. The van der Waals surface area contributed by atoms with E-state index in [1.54, 1.807) is 24.1 Å². The van der Waals surface area contributed by atoms with E-state index in [0.717, 1.165) is 50.8 Å². The molecule has 2 aliphatic heterocycles. The van der Waals surface area contributed by atoms with Crippen LogP contribution in [0.25, 0.3) is 6.08 Å². The zero-order chi connectivity index (χ0) is 31.6. The minimum Gasteiger partial charge on any atom is -0.504 e. The van der Waals surface area contributed by atoms with Crippen LogP contribution in [0.3, 0.4) is 0 Å². The van der Waals surface area contributed by atoms with Gasteiger partial charge < -0.3 is 19.5 Å². The van der Waals surface area contributed by atoms with E-state index >= 15 is 0 Å². The molecule has 3 aromatic carbocycles. The molecule has 45 heavy (non-hydrogen) atoms. The number of piperidine rings is 1. The summed E-state index contributed by atoms with van der Waals surface area (Å²) in [6, 6.07) is 20.0. The Hall–Kier alpha value is -3.98. The van der Waals surface area contributed by atoms with Crippen molar-refractivity contribution in [1.29, 1.82) is 0 Å². The van der Waals surface area contributed by atoms with E-state index in [1.165, 1.54) is 41.5 Å². The average molecular weight is 619 g/mol. The third-order valence-corrected chi connectivity index (χ3v) is 11.0. The lowest BCUT2D eigenvalue weighted by Gasteiger charge is -2.66. The lowest BCUT2D eigenvalue weighted by atomic mass is 9.43. The summed E-state index contributed by atoms with van der Waals surface area (Å²) < 4.78 is 48.9. The molecule has 2 bridgehead atoms. The van der Waals surface area contributed by atoms with Gasteiger partial charge >= 0.3 is 6.36 Å². The molecule has 1 saturated carbocycles. The summed E-state index contributed by atoms with van der Waals surface area (Å²) in [6.07, 6.45) is 2.14. The first-order chi connectivity index (χ1) is 21.5. The number of nitrogens with zero attached hydrogens (tertiary/aromatic N) is 2. The molecule has 2 fully saturated rings. The van der Waals surface area contributed by atoms with E-state index in [2.05, 4.69) is 40.8 Å². The molecule has 4 aliphatic rings. The monoisotopic (exact) mass is 618 g/mol. The third-order valence-electron chi connectivity index (χ3n) is 11.0. The van der Waals surface area contributed by atoms with Gasteiger partial charge in [0, 0.05) is 36.7 Å². The predicted octanol–water partition coefficient (Wildman–Crippen LogP) is 6.50. The molecule has 6 nitrogen and oxygen atoms in total. The molecule has 236 valence electrons. The Morgan fingerprint density at radius 3 is 2.71 bits per heavy atom. The number of halogens is 3. The van der Waals surface area contributed by atoms with Gasteiger partial charge in [0.2, 0.25) is 5.91 Å². The van der Waals surface area contributed by atoms with Gasteiger partial charge in [-0.15, -0.1) is 13.2 Å². The number of carbonyl (C=O) groups excluding carboxylic acids is 1. The maximum atomic E-state index is 13.6. The highest BCUT2D eigenvalue weighted by Crippen LogP contribution is 2.69. The van der Waals surface area contributed by atoms with Gasteiger partial charge in [0.05, 0.1) is 6.04 Å². The Kier molecular flexibility index (Phi) is 7.15. The first-order valence-corrected chi connectivity index (χ1v) is 15.6. The Morgan fingerprint density at radius 1 is 1.13 bits per heavy atom. The minimum absolute atomic E-state index is 0.117. The fourth-order valence-electron chi connectivity index (χ4n) is 8.90. The van der Waals surface area contributed by atoms with Crippen LogP contribution < -0.4 is 9.47 Å². The highest BCUT2D eigenvalue weighted by Gasteiger charge is 2.71. The summed E-state index contributed by atoms with van der Waals surface area (Å²) in [4.78, 5) is 17.9. The zero-order valence-electron chi connectivity index (χ0n) is 25.4. The van der Waals surface area contributed by atoms with Crippen molar-refractivity contribution in [2.45, 2.75) is 69.0 Å². The highest BCUT2D eigenvalue weighted by molar-refractivity contribution is 5.92. The van der Waals surface area contributed by atoms with Crippen LogP contribution in [0.2, 0.25) is 0 Å². The Balaban J connectivity index is 1.16.